The molecule has 0 aliphatic carbocycles. The molecule has 3 aromatic rings. The Hall–Kier alpha value is -2.66. The number of nitrogens with zero attached hydrogens (tertiary/aromatic N) is 3. The zero-order chi connectivity index (χ0) is 16.2. The summed E-state index contributed by atoms with van der Waals surface area (Å²) in [5, 5.41) is 7.80. The van der Waals surface area contributed by atoms with Gasteiger partial charge in [-0.25, -0.2) is 4.68 Å². The largest absolute Gasteiger partial charge is 0.345 e. The van der Waals surface area contributed by atoms with Crippen molar-refractivity contribution in [3.05, 3.63) is 76.8 Å². The number of amides is 1. The normalized spacial score (nSPS) is 10.5. The maximum atomic E-state index is 12.2. The Bertz CT molecular complexity index is 830. The van der Waals surface area contributed by atoms with E-state index in [1.54, 1.807) is 29.1 Å². The first-order valence-corrected chi connectivity index (χ1v) is 7.52. The number of hydrogen-bond acceptors (Lipinski definition) is 3. The van der Waals surface area contributed by atoms with Crippen LogP contribution in [0.15, 0.2) is 54.7 Å². The van der Waals surface area contributed by atoms with Gasteiger partial charge in [0.25, 0.3) is 5.91 Å². The molecule has 5 nitrogen and oxygen atoms in total. The van der Waals surface area contributed by atoms with Crippen LogP contribution in [0, 0.1) is 6.92 Å². The monoisotopic (exact) mass is 326 g/mol. The molecule has 0 aliphatic heterocycles. The van der Waals surface area contributed by atoms with Crippen molar-refractivity contribution in [2.24, 2.45) is 0 Å². The standard InChI is InChI=1S/C17H15ClN4O/c1-12-9-16(17(23)20-11-14-6-2-3-8-19-14)21-22(12)15-7-4-5-13(18)10-15/h2-10H,11H2,1H3,(H,20,23). The van der Waals surface area contributed by atoms with Crippen molar-refractivity contribution in [1.82, 2.24) is 20.1 Å². The van der Waals surface area contributed by atoms with E-state index in [0.717, 1.165) is 17.1 Å². The summed E-state index contributed by atoms with van der Waals surface area (Å²) in [4.78, 5) is 16.4. The molecule has 1 amide bonds. The third kappa shape index (κ3) is 3.57. The average molecular weight is 327 g/mol. The Morgan fingerprint density at radius 1 is 1.22 bits per heavy atom. The lowest BCUT2D eigenvalue weighted by atomic mass is 10.3. The molecule has 0 atom stereocenters. The summed E-state index contributed by atoms with van der Waals surface area (Å²) in [6.07, 6.45) is 1.69. The molecular formula is C17H15ClN4O. The number of carbonyl (C=O) groups is 1. The van der Waals surface area contributed by atoms with Gasteiger partial charge in [-0.3, -0.25) is 9.78 Å². The third-order valence-electron chi connectivity index (χ3n) is 3.33. The fourth-order valence-electron chi connectivity index (χ4n) is 2.22. The topological polar surface area (TPSA) is 59.8 Å². The zero-order valence-corrected chi connectivity index (χ0v) is 13.3. The van der Waals surface area contributed by atoms with E-state index in [1.807, 2.05) is 37.3 Å². The van der Waals surface area contributed by atoms with Crippen LogP contribution in [0.5, 0.6) is 0 Å². The number of carbonyl (C=O) groups excluding carboxylic acids is 1. The molecule has 0 bridgehead atoms. The van der Waals surface area contributed by atoms with Crippen LogP contribution in [-0.4, -0.2) is 20.7 Å². The Balaban J connectivity index is 1.76. The molecule has 0 saturated heterocycles. The number of hydrogen-bond donors (Lipinski definition) is 1. The van der Waals surface area contributed by atoms with E-state index in [9.17, 15) is 4.79 Å². The first-order valence-electron chi connectivity index (χ1n) is 7.14. The van der Waals surface area contributed by atoms with Crippen molar-refractivity contribution in [2.75, 3.05) is 0 Å². The SMILES string of the molecule is Cc1cc(C(=O)NCc2ccccn2)nn1-c1cccc(Cl)c1. The van der Waals surface area contributed by atoms with Gasteiger partial charge in [0.1, 0.15) is 0 Å². The summed E-state index contributed by atoms with van der Waals surface area (Å²) in [5.41, 5.74) is 2.83. The minimum Gasteiger partial charge on any atom is -0.345 e. The minimum absolute atomic E-state index is 0.237. The maximum Gasteiger partial charge on any atom is 0.272 e. The number of halogens is 1. The lowest BCUT2D eigenvalue weighted by Crippen LogP contribution is -2.23. The van der Waals surface area contributed by atoms with E-state index in [1.165, 1.54) is 0 Å². The van der Waals surface area contributed by atoms with Crippen LogP contribution >= 0.6 is 11.6 Å². The summed E-state index contributed by atoms with van der Waals surface area (Å²) >= 11 is 6.01. The second-order valence-corrected chi connectivity index (χ2v) is 5.50. The van der Waals surface area contributed by atoms with Gasteiger partial charge >= 0.3 is 0 Å². The zero-order valence-electron chi connectivity index (χ0n) is 12.5. The van der Waals surface area contributed by atoms with Crippen molar-refractivity contribution in [1.29, 1.82) is 0 Å². The van der Waals surface area contributed by atoms with Gasteiger partial charge in [-0.15, -0.1) is 0 Å². The quantitative estimate of drug-likeness (QED) is 0.801. The first-order chi connectivity index (χ1) is 11.1. The molecule has 1 aromatic carbocycles. The third-order valence-corrected chi connectivity index (χ3v) is 3.56. The van der Waals surface area contributed by atoms with E-state index in [4.69, 9.17) is 11.6 Å². The van der Waals surface area contributed by atoms with E-state index in [2.05, 4.69) is 15.4 Å². The second kappa shape index (κ2) is 6.62. The molecule has 0 saturated carbocycles. The van der Waals surface area contributed by atoms with Gasteiger partial charge in [0.05, 0.1) is 17.9 Å². The summed E-state index contributed by atoms with van der Waals surface area (Å²) < 4.78 is 1.70. The summed E-state index contributed by atoms with van der Waals surface area (Å²) in [6.45, 7) is 2.26. The van der Waals surface area contributed by atoms with E-state index >= 15 is 0 Å². The van der Waals surface area contributed by atoms with Crippen LogP contribution < -0.4 is 5.32 Å². The molecule has 0 unspecified atom stereocenters. The highest BCUT2D eigenvalue weighted by atomic mass is 35.5. The molecule has 0 spiro atoms. The van der Waals surface area contributed by atoms with Gasteiger partial charge < -0.3 is 5.32 Å². The van der Waals surface area contributed by atoms with Crippen molar-refractivity contribution in [3.63, 3.8) is 0 Å². The fraction of sp³-hybridized carbons (Fsp3) is 0.118. The van der Waals surface area contributed by atoms with Gasteiger partial charge in [0.15, 0.2) is 5.69 Å². The minimum atomic E-state index is -0.237. The number of nitrogens with one attached hydrogen (secondary N) is 1. The first kappa shape index (κ1) is 15.2. The average Bonchev–Trinajstić information content (AvgIpc) is 2.95. The van der Waals surface area contributed by atoms with Gasteiger partial charge in [-0.2, -0.15) is 5.10 Å². The van der Waals surface area contributed by atoms with Gasteiger partial charge in [0.2, 0.25) is 0 Å². The molecule has 0 aliphatic rings. The highest BCUT2D eigenvalue weighted by Gasteiger charge is 2.13. The molecule has 3 rings (SSSR count). The molecule has 23 heavy (non-hydrogen) atoms. The van der Waals surface area contributed by atoms with Crippen LogP contribution in [0.2, 0.25) is 5.02 Å². The number of rotatable bonds is 4. The maximum absolute atomic E-state index is 12.2. The number of pyridine rings is 1. The highest BCUT2D eigenvalue weighted by molar-refractivity contribution is 6.30. The Morgan fingerprint density at radius 3 is 2.83 bits per heavy atom. The lowest BCUT2D eigenvalue weighted by Gasteiger charge is -2.04. The van der Waals surface area contributed by atoms with Gasteiger partial charge in [0, 0.05) is 16.9 Å². The Morgan fingerprint density at radius 2 is 2.09 bits per heavy atom. The molecule has 6 heteroatoms. The Labute approximate surface area is 138 Å². The number of aryl methyl sites for hydroxylation is 1. The summed E-state index contributed by atoms with van der Waals surface area (Å²) in [7, 11) is 0. The van der Waals surface area contributed by atoms with Gasteiger partial charge in [-0.1, -0.05) is 23.7 Å². The molecule has 2 aromatic heterocycles. The van der Waals surface area contributed by atoms with Crippen molar-refractivity contribution < 1.29 is 4.79 Å². The number of aromatic nitrogens is 3. The second-order valence-electron chi connectivity index (χ2n) is 5.07. The van der Waals surface area contributed by atoms with E-state index < -0.39 is 0 Å². The lowest BCUT2D eigenvalue weighted by molar-refractivity contribution is 0.0945. The van der Waals surface area contributed by atoms with Crippen molar-refractivity contribution in [3.8, 4) is 5.69 Å². The van der Waals surface area contributed by atoms with Crippen molar-refractivity contribution >= 4 is 17.5 Å². The molecule has 2 heterocycles. The van der Waals surface area contributed by atoms with E-state index in [-0.39, 0.29) is 5.91 Å². The summed E-state index contributed by atoms with van der Waals surface area (Å²) in [5.74, 6) is -0.237. The van der Waals surface area contributed by atoms with Crippen LogP contribution in [0.25, 0.3) is 5.69 Å². The molecule has 0 radical (unpaired) electrons. The Kier molecular flexibility index (Phi) is 4.39. The predicted octanol–water partition coefficient (Wildman–Crippen LogP) is 3.16. The fourth-order valence-corrected chi connectivity index (χ4v) is 2.40. The smallest absolute Gasteiger partial charge is 0.272 e. The summed E-state index contributed by atoms with van der Waals surface area (Å²) in [6, 6.07) is 14.7. The number of benzene rings is 1. The highest BCUT2D eigenvalue weighted by Crippen LogP contribution is 2.16. The van der Waals surface area contributed by atoms with Crippen molar-refractivity contribution in [2.45, 2.75) is 13.5 Å². The van der Waals surface area contributed by atoms with Crippen LogP contribution in [-0.2, 0) is 6.54 Å². The molecule has 0 fully saturated rings. The van der Waals surface area contributed by atoms with Crippen LogP contribution in [0.4, 0.5) is 0 Å². The molecular weight excluding hydrogens is 312 g/mol. The molecule has 116 valence electrons. The van der Waals surface area contributed by atoms with E-state index in [0.29, 0.717) is 17.3 Å². The van der Waals surface area contributed by atoms with Gasteiger partial charge in [-0.05, 0) is 43.3 Å². The molecule has 1 N–H and O–H groups in total. The van der Waals surface area contributed by atoms with Crippen LogP contribution in [0.3, 0.4) is 0 Å². The predicted molar refractivity (Wildman–Crippen MR) is 88.7 cm³/mol. The van der Waals surface area contributed by atoms with Crippen LogP contribution in [0.1, 0.15) is 21.9 Å².